The van der Waals surface area contributed by atoms with E-state index < -0.39 is 12.0 Å². The molecule has 2 amide bonds. The molecular weight excluding hydrogens is 275 g/mol. The summed E-state index contributed by atoms with van der Waals surface area (Å²) in [7, 11) is 0. The first-order chi connectivity index (χ1) is 9.79. The van der Waals surface area contributed by atoms with Gasteiger partial charge in [0.25, 0.3) is 0 Å². The van der Waals surface area contributed by atoms with Crippen molar-refractivity contribution in [2.24, 2.45) is 0 Å². The van der Waals surface area contributed by atoms with E-state index in [1.165, 1.54) is 6.07 Å². The van der Waals surface area contributed by atoms with Gasteiger partial charge in [0.15, 0.2) is 0 Å². The largest absolute Gasteiger partial charge is 0.481 e. The predicted molar refractivity (Wildman–Crippen MR) is 77.6 cm³/mol. The number of rotatable bonds is 6. The van der Waals surface area contributed by atoms with E-state index >= 15 is 0 Å². The van der Waals surface area contributed by atoms with Gasteiger partial charge in [0.1, 0.15) is 5.82 Å². The molecule has 1 aromatic carbocycles. The Balaban J connectivity index is 2.49. The van der Waals surface area contributed by atoms with Crippen LogP contribution in [0.3, 0.4) is 0 Å². The molecule has 6 heteroatoms. The van der Waals surface area contributed by atoms with Crippen LogP contribution in [0.2, 0.25) is 0 Å². The van der Waals surface area contributed by atoms with Crippen LogP contribution in [0, 0.1) is 12.7 Å². The molecule has 2 atom stereocenters. The summed E-state index contributed by atoms with van der Waals surface area (Å²) < 4.78 is 13.5. The zero-order valence-corrected chi connectivity index (χ0v) is 12.4. The van der Waals surface area contributed by atoms with Gasteiger partial charge in [0.2, 0.25) is 0 Å². The van der Waals surface area contributed by atoms with Gasteiger partial charge in [-0.2, -0.15) is 0 Å². The highest BCUT2D eigenvalue weighted by Gasteiger charge is 2.13. The average Bonchev–Trinajstić information content (AvgIpc) is 2.39. The number of amides is 2. The molecule has 5 nitrogen and oxygen atoms in total. The van der Waals surface area contributed by atoms with Crippen molar-refractivity contribution in [2.75, 3.05) is 0 Å². The molecule has 0 aliphatic rings. The number of carbonyl (C=O) groups is 2. The highest BCUT2D eigenvalue weighted by Crippen LogP contribution is 2.16. The van der Waals surface area contributed by atoms with E-state index in [4.69, 9.17) is 5.11 Å². The summed E-state index contributed by atoms with van der Waals surface area (Å²) in [5.41, 5.74) is 1.23. The number of aryl methyl sites for hydroxylation is 1. The van der Waals surface area contributed by atoms with Crippen molar-refractivity contribution >= 4 is 12.0 Å². The van der Waals surface area contributed by atoms with Crippen LogP contribution in [0.25, 0.3) is 0 Å². The Hall–Kier alpha value is -2.11. The lowest BCUT2D eigenvalue weighted by molar-refractivity contribution is -0.137. The molecule has 0 fully saturated rings. The minimum absolute atomic E-state index is 0.000172. The van der Waals surface area contributed by atoms with Crippen LogP contribution < -0.4 is 10.6 Å². The van der Waals surface area contributed by atoms with Crippen molar-refractivity contribution in [3.8, 4) is 0 Å². The second-order valence-electron chi connectivity index (χ2n) is 5.18. The van der Waals surface area contributed by atoms with Gasteiger partial charge < -0.3 is 15.7 Å². The SMILES string of the molecule is Cc1ccc(C(C)NC(=O)NC(C)CCC(=O)O)cc1F. The Morgan fingerprint density at radius 3 is 2.52 bits per heavy atom. The molecule has 3 N–H and O–H groups in total. The van der Waals surface area contributed by atoms with E-state index in [9.17, 15) is 14.0 Å². The Kier molecular flexibility index (Phi) is 6.14. The molecule has 0 saturated heterocycles. The fourth-order valence-electron chi connectivity index (χ4n) is 1.84. The van der Waals surface area contributed by atoms with Gasteiger partial charge in [-0.05, 0) is 44.4 Å². The monoisotopic (exact) mass is 296 g/mol. The molecule has 0 spiro atoms. The number of aliphatic carboxylic acids is 1. The highest BCUT2D eigenvalue weighted by molar-refractivity contribution is 5.74. The van der Waals surface area contributed by atoms with Crippen molar-refractivity contribution in [3.63, 3.8) is 0 Å². The summed E-state index contributed by atoms with van der Waals surface area (Å²) in [5, 5.41) is 13.9. The van der Waals surface area contributed by atoms with Crippen LogP contribution in [0.4, 0.5) is 9.18 Å². The standard InChI is InChI=1S/C15H21FN2O3/c1-9-4-6-12(8-13(9)16)11(3)18-15(21)17-10(2)5-7-14(19)20/h4,6,8,10-11H,5,7H2,1-3H3,(H,19,20)(H2,17,18,21). The Bertz CT molecular complexity index is 520. The van der Waals surface area contributed by atoms with Crippen molar-refractivity contribution < 1.29 is 19.1 Å². The quantitative estimate of drug-likeness (QED) is 0.755. The maximum atomic E-state index is 13.5. The van der Waals surface area contributed by atoms with Crippen molar-refractivity contribution in [3.05, 3.63) is 35.1 Å². The Labute approximate surface area is 123 Å². The van der Waals surface area contributed by atoms with Crippen LogP contribution in [-0.2, 0) is 4.79 Å². The maximum Gasteiger partial charge on any atom is 0.315 e. The van der Waals surface area contributed by atoms with Gasteiger partial charge in [-0.1, -0.05) is 12.1 Å². The third-order valence-electron chi connectivity index (χ3n) is 3.21. The Morgan fingerprint density at radius 2 is 1.95 bits per heavy atom. The van der Waals surface area contributed by atoms with E-state index in [0.717, 1.165) is 0 Å². The first-order valence-electron chi connectivity index (χ1n) is 6.84. The predicted octanol–water partition coefficient (Wildman–Crippen LogP) is 2.75. The summed E-state index contributed by atoms with van der Waals surface area (Å²) in [5.74, 6) is -1.20. The first-order valence-corrected chi connectivity index (χ1v) is 6.84. The maximum absolute atomic E-state index is 13.5. The molecule has 0 heterocycles. The average molecular weight is 296 g/mol. The molecule has 0 aliphatic heterocycles. The highest BCUT2D eigenvalue weighted by atomic mass is 19.1. The van der Waals surface area contributed by atoms with Crippen molar-refractivity contribution in [1.82, 2.24) is 10.6 Å². The number of hydrogen-bond donors (Lipinski definition) is 3. The number of hydrogen-bond acceptors (Lipinski definition) is 2. The third-order valence-corrected chi connectivity index (χ3v) is 3.21. The summed E-state index contributed by atoms with van der Waals surface area (Å²) in [6.45, 7) is 5.17. The van der Waals surface area contributed by atoms with Gasteiger partial charge in [-0.3, -0.25) is 4.79 Å². The molecule has 2 unspecified atom stereocenters. The van der Waals surface area contributed by atoms with Crippen molar-refractivity contribution in [1.29, 1.82) is 0 Å². The number of carboxylic acids is 1. The number of carboxylic acid groups (broad SMARTS) is 1. The topological polar surface area (TPSA) is 78.4 Å². The van der Waals surface area contributed by atoms with E-state index in [1.807, 2.05) is 0 Å². The number of halogens is 1. The lowest BCUT2D eigenvalue weighted by Crippen LogP contribution is -2.41. The number of carbonyl (C=O) groups excluding carboxylic acids is 1. The summed E-state index contributed by atoms with van der Waals surface area (Å²) in [4.78, 5) is 22.2. The van der Waals surface area contributed by atoms with Crippen LogP contribution in [0.5, 0.6) is 0 Å². The minimum Gasteiger partial charge on any atom is -0.481 e. The van der Waals surface area contributed by atoms with Crippen LogP contribution in [0.1, 0.15) is 43.9 Å². The third kappa shape index (κ3) is 5.81. The lowest BCUT2D eigenvalue weighted by atomic mass is 10.1. The molecule has 0 bridgehead atoms. The van der Waals surface area contributed by atoms with E-state index in [-0.39, 0.29) is 24.3 Å². The second kappa shape index (κ2) is 7.61. The van der Waals surface area contributed by atoms with Gasteiger partial charge >= 0.3 is 12.0 Å². The molecule has 0 aromatic heterocycles. The van der Waals surface area contributed by atoms with Gasteiger partial charge in [0, 0.05) is 12.5 Å². The molecule has 0 saturated carbocycles. The molecular formula is C15H21FN2O3. The summed E-state index contributed by atoms with van der Waals surface area (Å²) in [6, 6.07) is 3.83. The normalized spacial score (nSPS) is 13.3. The molecule has 0 radical (unpaired) electrons. The van der Waals surface area contributed by atoms with Gasteiger partial charge in [-0.25, -0.2) is 9.18 Å². The van der Waals surface area contributed by atoms with Gasteiger partial charge in [0.05, 0.1) is 6.04 Å². The number of urea groups is 1. The number of nitrogens with one attached hydrogen (secondary N) is 2. The zero-order valence-electron chi connectivity index (χ0n) is 12.4. The minimum atomic E-state index is -0.896. The molecule has 21 heavy (non-hydrogen) atoms. The first kappa shape index (κ1) is 16.9. The molecule has 0 aliphatic carbocycles. The lowest BCUT2D eigenvalue weighted by Gasteiger charge is -2.18. The van der Waals surface area contributed by atoms with Crippen molar-refractivity contribution in [2.45, 2.75) is 45.7 Å². The summed E-state index contributed by atoms with van der Waals surface area (Å²) >= 11 is 0. The summed E-state index contributed by atoms with van der Waals surface area (Å²) in [6.07, 6.45) is 0.358. The number of benzene rings is 1. The fraction of sp³-hybridized carbons (Fsp3) is 0.467. The van der Waals surface area contributed by atoms with E-state index in [0.29, 0.717) is 17.5 Å². The van der Waals surface area contributed by atoms with Gasteiger partial charge in [-0.15, -0.1) is 0 Å². The Morgan fingerprint density at radius 1 is 1.29 bits per heavy atom. The van der Waals surface area contributed by atoms with Crippen LogP contribution in [-0.4, -0.2) is 23.1 Å². The van der Waals surface area contributed by atoms with E-state index in [2.05, 4.69) is 10.6 Å². The van der Waals surface area contributed by atoms with Crippen LogP contribution >= 0.6 is 0 Å². The molecule has 1 rings (SSSR count). The second-order valence-corrected chi connectivity index (χ2v) is 5.18. The molecule has 116 valence electrons. The zero-order chi connectivity index (χ0) is 16.0. The van der Waals surface area contributed by atoms with E-state index in [1.54, 1.807) is 32.9 Å². The molecule has 1 aromatic rings. The fourth-order valence-corrected chi connectivity index (χ4v) is 1.84. The smallest absolute Gasteiger partial charge is 0.315 e. The van der Waals surface area contributed by atoms with Crippen LogP contribution in [0.15, 0.2) is 18.2 Å².